The highest BCUT2D eigenvalue weighted by Gasteiger charge is 2.28. The van der Waals surface area contributed by atoms with Crippen LogP contribution in [0.4, 0.5) is 0 Å². The van der Waals surface area contributed by atoms with Crippen LogP contribution in [0, 0.1) is 23.2 Å². The van der Waals surface area contributed by atoms with E-state index in [9.17, 15) is 5.11 Å². The van der Waals surface area contributed by atoms with Crippen molar-refractivity contribution in [2.45, 2.75) is 25.8 Å². The number of nitrogens with zero attached hydrogens (tertiary/aromatic N) is 1. The summed E-state index contributed by atoms with van der Waals surface area (Å²) < 4.78 is 0. The topological polar surface area (TPSA) is 55.7 Å². The fourth-order valence-electron chi connectivity index (χ4n) is 1.83. The smallest absolute Gasteiger partial charge is 0.0865 e. The zero-order chi connectivity index (χ0) is 8.97. The molecular formula is C9H15N2O. The van der Waals surface area contributed by atoms with Crippen LogP contribution in [0.15, 0.2) is 0 Å². The molecule has 0 aromatic carbocycles. The van der Waals surface area contributed by atoms with E-state index in [-0.39, 0.29) is 24.5 Å². The maximum absolute atomic E-state index is 10.8. The maximum atomic E-state index is 10.8. The normalized spacial score (nSPS) is 32.4. The minimum Gasteiger partial charge on any atom is -0.312 e. The SMILES string of the molecule is CC(C#N)C1NCCCC1C[O]. The molecule has 1 heterocycles. The third-order valence-corrected chi connectivity index (χ3v) is 2.60. The minimum absolute atomic E-state index is 0.0377. The highest BCUT2D eigenvalue weighted by molar-refractivity contribution is 4.94. The average molecular weight is 167 g/mol. The Labute approximate surface area is 73.4 Å². The molecule has 0 aliphatic carbocycles. The predicted octanol–water partition coefficient (Wildman–Crippen LogP) is 0.945. The van der Waals surface area contributed by atoms with E-state index in [1.165, 1.54) is 0 Å². The molecule has 0 aromatic heterocycles. The Morgan fingerprint density at radius 3 is 3.08 bits per heavy atom. The molecule has 67 valence electrons. The molecule has 0 saturated carbocycles. The standard InChI is InChI=1S/C9H15N2O/c1-7(5-10)9-8(6-12)3-2-4-11-9/h7-9,11H,2-4,6H2,1H3. The van der Waals surface area contributed by atoms with Gasteiger partial charge in [0, 0.05) is 12.0 Å². The molecular weight excluding hydrogens is 152 g/mol. The second-order valence-corrected chi connectivity index (χ2v) is 3.47. The highest BCUT2D eigenvalue weighted by Crippen LogP contribution is 2.21. The lowest BCUT2D eigenvalue weighted by Crippen LogP contribution is -2.46. The van der Waals surface area contributed by atoms with Crippen LogP contribution in [-0.4, -0.2) is 19.2 Å². The van der Waals surface area contributed by atoms with Crippen molar-refractivity contribution in [1.29, 1.82) is 5.26 Å². The molecule has 3 unspecified atom stereocenters. The Hall–Kier alpha value is -0.590. The van der Waals surface area contributed by atoms with Gasteiger partial charge in [0.15, 0.2) is 0 Å². The van der Waals surface area contributed by atoms with Crippen LogP contribution >= 0.6 is 0 Å². The lowest BCUT2D eigenvalue weighted by Gasteiger charge is -2.32. The van der Waals surface area contributed by atoms with Gasteiger partial charge >= 0.3 is 0 Å². The molecule has 0 bridgehead atoms. The lowest BCUT2D eigenvalue weighted by molar-refractivity contribution is 0.0927. The van der Waals surface area contributed by atoms with Crippen molar-refractivity contribution in [3.05, 3.63) is 0 Å². The molecule has 0 amide bonds. The van der Waals surface area contributed by atoms with E-state index in [1.807, 2.05) is 6.92 Å². The summed E-state index contributed by atoms with van der Waals surface area (Å²) in [5, 5.41) is 22.7. The summed E-state index contributed by atoms with van der Waals surface area (Å²) in [4.78, 5) is 0. The van der Waals surface area contributed by atoms with Gasteiger partial charge in [-0.25, -0.2) is 5.11 Å². The van der Waals surface area contributed by atoms with Crippen LogP contribution in [0.5, 0.6) is 0 Å². The van der Waals surface area contributed by atoms with E-state index < -0.39 is 0 Å². The number of piperidine rings is 1. The number of nitriles is 1. The van der Waals surface area contributed by atoms with E-state index >= 15 is 0 Å². The summed E-state index contributed by atoms with van der Waals surface area (Å²) >= 11 is 0. The van der Waals surface area contributed by atoms with Gasteiger partial charge in [-0.2, -0.15) is 5.26 Å². The molecule has 1 N–H and O–H groups in total. The Kier molecular flexibility index (Phi) is 3.51. The predicted molar refractivity (Wildman–Crippen MR) is 44.8 cm³/mol. The molecule has 0 aromatic rings. The molecule has 1 aliphatic rings. The largest absolute Gasteiger partial charge is 0.312 e. The van der Waals surface area contributed by atoms with Gasteiger partial charge in [0.2, 0.25) is 0 Å². The van der Waals surface area contributed by atoms with Crippen molar-refractivity contribution < 1.29 is 5.11 Å². The molecule has 1 fully saturated rings. The highest BCUT2D eigenvalue weighted by atomic mass is 16.3. The summed E-state index contributed by atoms with van der Waals surface area (Å²) in [6.45, 7) is 2.78. The van der Waals surface area contributed by atoms with Crippen molar-refractivity contribution in [3.8, 4) is 6.07 Å². The fraction of sp³-hybridized carbons (Fsp3) is 0.889. The number of nitrogens with one attached hydrogen (secondary N) is 1. The third kappa shape index (κ3) is 1.96. The van der Waals surface area contributed by atoms with Gasteiger partial charge in [0.05, 0.1) is 18.6 Å². The van der Waals surface area contributed by atoms with Crippen molar-refractivity contribution >= 4 is 0 Å². The Bertz CT molecular complexity index is 176. The number of rotatable bonds is 2. The van der Waals surface area contributed by atoms with E-state index in [0.717, 1.165) is 19.4 Å². The third-order valence-electron chi connectivity index (χ3n) is 2.60. The minimum atomic E-state index is -0.0519. The average Bonchev–Trinajstić information content (AvgIpc) is 2.16. The van der Waals surface area contributed by atoms with E-state index in [4.69, 9.17) is 5.26 Å². The van der Waals surface area contributed by atoms with Gasteiger partial charge in [0.1, 0.15) is 0 Å². The van der Waals surface area contributed by atoms with E-state index in [0.29, 0.717) is 0 Å². The summed E-state index contributed by atoms with van der Waals surface area (Å²) in [5.41, 5.74) is 0. The molecule has 1 rings (SSSR count). The van der Waals surface area contributed by atoms with Gasteiger partial charge in [0.25, 0.3) is 0 Å². The molecule has 3 atom stereocenters. The van der Waals surface area contributed by atoms with Crippen LogP contribution in [0.3, 0.4) is 0 Å². The van der Waals surface area contributed by atoms with Crippen LogP contribution in [-0.2, 0) is 5.11 Å². The maximum Gasteiger partial charge on any atom is 0.0865 e. The van der Waals surface area contributed by atoms with Crippen molar-refractivity contribution in [2.24, 2.45) is 11.8 Å². The fourth-order valence-corrected chi connectivity index (χ4v) is 1.83. The van der Waals surface area contributed by atoms with Crippen LogP contribution < -0.4 is 5.32 Å². The zero-order valence-electron chi connectivity index (χ0n) is 7.42. The van der Waals surface area contributed by atoms with Crippen molar-refractivity contribution in [1.82, 2.24) is 5.32 Å². The summed E-state index contributed by atoms with van der Waals surface area (Å²) in [5.74, 6) is 0.123. The van der Waals surface area contributed by atoms with E-state index in [1.54, 1.807) is 0 Å². The first-order valence-electron chi connectivity index (χ1n) is 4.50. The van der Waals surface area contributed by atoms with Crippen molar-refractivity contribution in [2.75, 3.05) is 13.2 Å². The lowest BCUT2D eigenvalue weighted by atomic mass is 9.84. The monoisotopic (exact) mass is 167 g/mol. The Morgan fingerprint density at radius 1 is 1.75 bits per heavy atom. The molecule has 1 aliphatic heterocycles. The Morgan fingerprint density at radius 2 is 2.50 bits per heavy atom. The van der Waals surface area contributed by atoms with Crippen LogP contribution in [0.1, 0.15) is 19.8 Å². The van der Waals surface area contributed by atoms with Crippen LogP contribution in [0.2, 0.25) is 0 Å². The van der Waals surface area contributed by atoms with Gasteiger partial charge in [-0.1, -0.05) is 0 Å². The quantitative estimate of drug-likeness (QED) is 0.665. The van der Waals surface area contributed by atoms with Gasteiger partial charge in [-0.3, -0.25) is 0 Å². The zero-order valence-corrected chi connectivity index (χ0v) is 7.42. The van der Waals surface area contributed by atoms with Gasteiger partial charge in [-0.05, 0) is 26.3 Å². The number of hydrogen-bond acceptors (Lipinski definition) is 2. The molecule has 1 saturated heterocycles. The summed E-state index contributed by atoms with van der Waals surface area (Å²) in [6.07, 6.45) is 2.05. The van der Waals surface area contributed by atoms with Gasteiger partial charge < -0.3 is 5.32 Å². The second-order valence-electron chi connectivity index (χ2n) is 3.47. The molecule has 1 radical (unpaired) electrons. The summed E-state index contributed by atoms with van der Waals surface area (Å²) in [7, 11) is 0. The first kappa shape index (κ1) is 9.50. The number of hydrogen-bond donors (Lipinski definition) is 1. The molecule has 12 heavy (non-hydrogen) atoms. The van der Waals surface area contributed by atoms with E-state index in [2.05, 4.69) is 11.4 Å². The van der Waals surface area contributed by atoms with Crippen molar-refractivity contribution in [3.63, 3.8) is 0 Å². The molecule has 3 heteroatoms. The first-order chi connectivity index (χ1) is 5.79. The Balaban J connectivity index is 2.53. The summed E-state index contributed by atoms with van der Waals surface area (Å²) in [6, 6.07) is 2.32. The molecule has 3 nitrogen and oxygen atoms in total. The van der Waals surface area contributed by atoms with Gasteiger partial charge in [-0.15, -0.1) is 0 Å². The first-order valence-corrected chi connectivity index (χ1v) is 4.50. The second kappa shape index (κ2) is 4.44. The van der Waals surface area contributed by atoms with Crippen LogP contribution in [0.25, 0.3) is 0 Å². The molecule has 0 spiro atoms.